The van der Waals surface area contributed by atoms with Crippen LogP contribution in [0.25, 0.3) is 0 Å². The maximum Gasteiger partial charge on any atom is 0.146 e. The molecular weight excluding hydrogens is 300 g/mol. The Morgan fingerprint density at radius 3 is 2.23 bits per heavy atom. The molecule has 2 fully saturated rings. The fraction of sp³-hybridized carbons (Fsp3) is 0.875. The number of β-amino-alcohol motifs (C(OH)–C–C–N with tert-alkyl or cyclic N) is 1. The summed E-state index contributed by atoms with van der Waals surface area (Å²) in [5.74, 6) is 0.117. The minimum atomic E-state index is -0.320. The number of Topliss-reactive ketones (excluding diaryl/α,β-unsaturated/α-hetero) is 1. The van der Waals surface area contributed by atoms with Crippen molar-refractivity contribution >= 4 is 23.0 Å². The highest BCUT2D eigenvalue weighted by Gasteiger charge is 2.24. The van der Waals surface area contributed by atoms with Gasteiger partial charge in [-0.1, -0.05) is 33.5 Å². The van der Waals surface area contributed by atoms with E-state index < -0.39 is 0 Å². The van der Waals surface area contributed by atoms with Gasteiger partial charge in [-0.25, -0.2) is 0 Å². The standard InChI is InChI=1S/C7H13NOS.C6H11NO2.C2H6.CH4/c1-6(10)8-4-2-3-7(8)5-9;1-4(8)6-2-5(9)3-7-6;1-2;/h7,9H,2-5H2,1H3;5-7,9H,2-3H2,1H3;1-2H3;1H4. The topological polar surface area (TPSA) is 72.8 Å². The molecule has 5 nitrogen and oxygen atoms in total. The van der Waals surface area contributed by atoms with Gasteiger partial charge in [0.05, 0.1) is 29.8 Å². The minimum absolute atomic E-state index is 0. The molecule has 22 heavy (non-hydrogen) atoms. The van der Waals surface area contributed by atoms with Gasteiger partial charge in [0.2, 0.25) is 0 Å². The molecule has 2 heterocycles. The first-order valence-electron chi connectivity index (χ1n) is 7.75. The Hall–Kier alpha value is -0.560. The highest BCUT2D eigenvalue weighted by atomic mass is 32.1. The van der Waals surface area contributed by atoms with Gasteiger partial charge in [-0.15, -0.1) is 0 Å². The van der Waals surface area contributed by atoms with Crippen LogP contribution in [-0.4, -0.2) is 63.8 Å². The summed E-state index contributed by atoms with van der Waals surface area (Å²) in [7, 11) is 0. The summed E-state index contributed by atoms with van der Waals surface area (Å²) in [5, 5.41) is 20.7. The molecule has 2 aliphatic rings. The van der Waals surface area contributed by atoms with Gasteiger partial charge in [0.15, 0.2) is 0 Å². The number of carbonyl (C=O) groups is 1. The number of nitrogens with one attached hydrogen (secondary N) is 1. The van der Waals surface area contributed by atoms with Crippen LogP contribution in [0.15, 0.2) is 0 Å². The molecular formula is C16H34N2O3S. The first-order chi connectivity index (χ1) is 9.95. The van der Waals surface area contributed by atoms with Gasteiger partial charge in [0.1, 0.15) is 5.78 Å². The molecule has 6 heteroatoms. The van der Waals surface area contributed by atoms with Crippen molar-refractivity contribution in [1.29, 1.82) is 0 Å². The molecule has 3 unspecified atom stereocenters. The minimum Gasteiger partial charge on any atom is -0.394 e. The number of hydrogen-bond donors (Lipinski definition) is 3. The molecule has 2 rings (SSSR count). The average molecular weight is 335 g/mol. The fourth-order valence-electron chi connectivity index (χ4n) is 2.47. The van der Waals surface area contributed by atoms with E-state index >= 15 is 0 Å². The largest absolute Gasteiger partial charge is 0.394 e. The summed E-state index contributed by atoms with van der Waals surface area (Å²) in [6.07, 6.45) is 2.51. The van der Waals surface area contributed by atoms with Gasteiger partial charge in [-0.2, -0.15) is 0 Å². The fourth-order valence-corrected chi connectivity index (χ4v) is 2.71. The number of carbonyl (C=O) groups excluding carboxylic acids is 1. The molecule has 2 saturated heterocycles. The first-order valence-corrected chi connectivity index (χ1v) is 8.16. The average Bonchev–Trinajstić information content (AvgIpc) is 3.09. The second-order valence-corrected chi connectivity index (χ2v) is 5.74. The van der Waals surface area contributed by atoms with Crippen molar-refractivity contribution in [3.8, 4) is 0 Å². The number of likely N-dealkylation sites (tertiary alicyclic amines) is 1. The Labute approximate surface area is 141 Å². The number of thiocarbonyl (C=S) groups is 1. The summed E-state index contributed by atoms with van der Waals surface area (Å²) in [4.78, 5) is 13.6. The molecule has 0 bridgehead atoms. The highest BCUT2D eigenvalue weighted by molar-refractivity contribution is 7.80. The predicted molar refractivity (Wildman–Crippen MR) is 96.3 cm³/mol. The zero-order chi connectivity index (χ0) is 16.4. The van der Waals surface area contributed by atoms with Crippen molar-refractivity contribution in [2.75, 3.05) is 19.7 Å². The van der Waals surface area contributed by atoms with E-state index in [0.29, 0.717) is 19.0 Å². The lowest BCUT2D eigenvalue weighted by molar-refractivity contribution is -0.118. The zero-order valence-corrected chi connectivity index (χ0v) is 14.4. The molecule has 3 N–H and O–H groups in total. The SMILES string of the molecule is C.CC.CC(=O)C1CC(O)CN1.CC(=S)N1CCCC1CO. The van der Waals surface area contributed by atoms with Gasteiger partial charge < -0.3 is 20.4 Å². The summed E-state index contributed by atoms with van der Waals surface area (Å²) >= 11 is 5.01. The number of aliphatic hydroxyl groups is 2. The van der Waals surface area contributed by atoms with Gasteiger partial charge in [0.25, 0.3) is 0 Å². The quantitative estimate of drug-likeness (QED) is 0.668. The van der Waals surface area contributed by atoms with E-state index in [1.165, 1.54) is 13.3 Å². The molecule has 0 spiro atoms. The van der Waals surface area contributed by atoms with E-state index in [9.17, 15) is 4.79 Å². The second-order valence-electron chi connectivity index (χ2n) is 5.15. The van der Waals surface area contributed by atoms with Crippen molar-refractivity contribution in [3.05, 3.63) is 0 Å². The molecule has 0 aliphatic carbocycles. The van der Waals surface area contributed by atoms with E-state index in [0.717, 1.165) is 18.0 Å². The summed E-state index contributed by atoms with van der Waals surface area (Å²) < 4.78 is 0. The lowest BCUT2D eigenvalue weighted by atomic mass is 10.1. The Kier molecular flexibility index (Phi) is 13.9. The molecule has 0 aromatic carbocycles. The Morgan fingerprint density at radius 2 is 1.95 bits per heavy atom. The van der Waals surface area contributed by atoms with Crippen LogP contribution in [0.5, 0.6) is 0 Å². The van der Waals surface area contributed by atoms with Gasteiger partial charge in [-0.05, 0) is 33.1 Å². The maximum absolute atomic E-state index is 10.6. The van der Waals surface area contributed by atoms with Crippen LogP contribution in [0, 0.1) is 0 Å². The van der Waals surface area contributed by atoms with Gasteiger partial charge in [-0.3, -0.25) is 4.79 Å². The Balaban J connectivity index is 0. The lowest BCUT2D eigenvalue weighted by Crippen LogP contribution is -2.34. The third-order valence-corrected chi connectivity index (χ3v) is 3.83. The molecule has 2 aliphatic heterocycles. The van der Waals surface area contributed by atoms with Crippen LogP contribution in [-0.2, 0) is 4.79 Å². The zero-order valence-electron chi connectivity index (χ0n) is 13.6. The lowest BCUT2D eigenvalue weighted by Gasteiger charge is -2.23. The van der Waals surface area contributed by atoms with Crippen molar-refractivity contribution in [1.82, 2.24) is 10.2 Å². The number of aliphatic hydroxyl groups excluding tert-OH is 2. The van der Waals surface area contributed by atoms with E-state index in [2.05, 4.69) is 10.2 Å². The van der Waals surface area contributed by atoms with Crippen LogP contribution in [0.2, 0.25) is 0 Å². The number of ketones is 1. The molecule has 0 amide bonds. The van der Waals surface area contributed by atoms with Gasteiger partial charge >= 0.3 is 0 Å². The summed E-state index contributed by atoms with van der Waals surface area (Å²) in [6, 6.07) is 0.206. The Morgan fingerprint density at radius 1 is 1.36 bits per heavy atom. The van der Waals surface area contributed by atoms with Crippen molar-refractivity contribution in [3.63, 3.8) is 0 Å². The number of rotatable bonds is 2. The first kappa shape index (κ1) is 23.7. The van der Waals surface area contributed by atoms with E-state index in [-0.39, 0.29) is 32.0 Å². The van der Waals surface area contributed by atoms with Crippen LogP contribution >= 0.6 is 12.2 Å². The molecule has 0 aromatic rings. The predicted octanol–water partition coefficient (Wildman–Crippen LogP) is 1.75. The van der Waals surface area contributed by atoms with Crippen molar-refractivity contribution in [2.24, 2.45) is 0 Å². The molecule has 0 radical (unpaired) electrons. The van der Waals surface area contributed by atoms with Crippen LogP contribution in [0.3, 0.4) is 0 Å². The monoisotopic (exact) mass is 334 g/mol. The normalized spacial score (nSPS) is 26.1. The van der Waals surface area contributed by atoms with Crippen LogP contribution < -0.4 is 5.32 Å². The number of nitrogens with zero attached hydrogens (tertiary/aromatic N) is 1. The smallest absolute Gasteiger partial charge is 0.146 e. The van der Waals surface area contributed by atoms with E-state index in [1.807, 2.05) is 20.8 Å². The second kappa shape index (κ2) is 12.9. The molecule has 0 aromatic heterocycles. The van der Waals surface area contributed by atoms with Crippen molar-refractivity contribution < 1.29 is 15.0 Å². The highest BCUT2D eigenvalue weighted by Crippen LogP contribution is 2.16. The van der Waals surface area contributed by atoms with Gasteiger partial charge in [0, 0.05) is 13.1 Å². The third kappa shape index (κ3) is 8.17. The molecule has 0 saturated carbocycles. The van der Waals surface area contributed by atoms with E-state index in [1.54, 1.807) is 0 Å². The van der Waals surface area contributed by atoms with E-state index in [4.69, 9.17) is 22.4 Å². The maximum atomic E-state index is 10.6. The van der Waals surface area contributed by atoms with Crippen molar-refractivity contribution in [2.45, 2.75) is 72.6 Å². The number of hydrogen-bond acceptors (Lipinski definition) is 5. The molecule has 132 valence electrons. The summed E-state index contributed by atoms with van der Waals surface area (Å²) in [6.45, 7) is 9.29. The molecule has 3 atom stereocenters. The van der Waals surface area contributed by atoms with Crippen LogP contribution in [0.1, 0.15) is 54.4 Å². The summed E-state index contributed by atoms with van der Waals surface area (Å²) in [5.41, 5.74) is 0. The third-order valence-electron chi connectivity index (χ3n) is 3.59. The Bertz CT molecular complexity index is 327. The van der Waals surface area contributed by atoms with Crippen LogP contribution in [0.4, 0.5) is 0 Å².